The fourth-order valence-electron chi connectivity index (χ4n) is 4.40. The van der Waals surface area contributed by atoms with Crippen molar-refractivity contribution in [2.24, 2.45) is 4.99 Å². The highest BCUT2D eigenvalue weighted by Gasteiger charge is 2.28. The average Bonchev–Trinajstić information content (AvgIpc) is 3.57. The minimum atomic E-state index is -0.427. The summed E-state index contributed by atoms with van der Waals surface area (Å²) in [4.78, 5) is 29.1. The molecule has 0 spiro atoms. The number of likely N-dealkylation sites (tertiary alicyclic amines) is 1. The first-order chi connectivity index (χ1) is 16.6. The predicted octanol–water partition coefficient (Wildman–Crippen LogP) is 2.91. The lowest BCUT2D eigenvalue weighted by molar-refractivity contribution is -0.133. The molecule has 3 aromatic rings. The molecule has 8 nitrogen and oxygen atoms in total. The van der Waals surface area contributed by atoms with Gasteiger partial charge in [-0.3, -0.25) is 19.7 Å². The standard InChI is InChI=1S/C26H27N5O3/c1-30(22-9-11-31(16-22)26(33)17-32)15-21-4-2-18-12-23(5-6-24(18)29-21)34-25-7-3-19(14-28-25)20-8-10-27-13-20/h2-8,10,12,14,22,32H,9,11,13,15-17H2,1H3/t22-/m1/s1. The van der Waals surface area contributed by atoms with Gasteiger partial charge in [0.2, 0.25) is 11.8 Å². The van der Waals surface area contributed by atoms with Crippen LogP contribution in [-0.4, -0.2) is 76.3 Å². The number of rotatable bonds is 7. The normalized spacial score (nSPS) is 17.6. The maximum Gasteiger partial charge on any atom is 0.248 e. The number of carbonyl (C=O) groups excluding carboxylic acids is 1. The van der Waals surface area contributed by atoms with Crippen molar-refractivity contribution in [2.45, 2.75) is 19.0 Å². The Kier molecular flexibility index (Phi) is 6.33. The molecule has 2 aliphatic rings. The largest absolute Gasteiger partial charge is 0.439 e. The number of amides is 1. The molecule has 4 heterocycles. The Morgan fingerprint density at radius 3 is 2.91 bits per heavy atom. The van der Waals surface area contributed by atoms with E-state index in [1.54, 1.807) is 4.90 Å². The summed E-state index contributed by atoms with van der Waals surface area (Å²) in [6, 6.07) is 14.0. The number of aliphatic hydroxyl groups is 1. The molecule has 1 aromatic carbocycles. The number of carbonyl (C=O) groups is 1. The van der Waals surface area contributed by atoms with Crippen molar-refractivity contribution in [1.29, 1.82) is 0 Å². The lowest BCUT2D eigenvalue weighted by atomic mass is 10.1. The molecule has 174 valence electrons. The number of benzene rings is 1. The average molecular weight is 458 g/mol. The van der Waals surface area contributed by atoms with Gasteiger partial charge < -0.3 is 14.7 Å². The third-order valence-corrected chi connectivity index (χ3v) is 6.38. The summed E-state index contributed by atoms with van der Waals surface area (Å²) in [6.45, 7) is 2.29. The topological polar surface area (TPSA) is 91.2 Å². The van der Waals surface area contributed by atoms with E-state index in [9.17, 15) is 4.79 Å². The third-order valence-electron chi connectivity index (χ3n) is 6.38. The van der Waals surface area contributed by atoms with Gasteiger partial charge in [0.1, 0.15) is 12.4 Å². The lowest BCUT2D eigenvalue weighted by Crippen LogP contribution is -2.37. The maximum absolute atomic E-state index is 11.7. The van der Waals surface area contributed by atoms with Crippen molar-refractivity contribution in [3.05, 3.63) is 66.0 Å². The number of pyridine rings is 2. The first-order valence-electron chi connectivity index (χ1n) is 11.4. The van der Waals surface area contributed by atoms with E-state index < -0.39 is 6.61 Å². The fraction of sp³-hybridized carbons (Fsp3) is 0.308. The summed E-state index contributed by atoms with van der Waals surface area (Å²) < 4.78 is 5.96. The highest BCUT2D eigenvalue weighted by Crippen LogP contribution is 2.26. The number of aliphatic hydroxyl groups excluding tert-OH is 1. The van der Waals surface area contributed by atoms with Gasteiger partial charge in [0.05, 0.1) is 17.8 Å². The molecule has 1 N–H and O–H groups in total. The van der Waals surface area contributed by atoms with Crippen LogP contribution in [0.15, 0.2) is 59.7 Å². The van der Waals surface area contributed by atoms with Crippen molar-refractivity contribution >= 4 is 28.6 Å². The summed E-state index contributed by atoms with van der Waals surface area (Å²) in [5.74, 6) is 1.05. The molecule has 1 amide bonds. The van der Waals surface area contributed by atoms with Crippen LogP contribution in [-0.2, 0) is 11.3 Å². The molecule has 5 rings (SSSR count). The van der Waals surface area contributed by atoms with E-state index >= 15 is 0 Å². The summed E-state index contributed by atoms with van der Waals surface area (Å²) in [5, 5.41) is 10.1. The Labute approximate surface area is 198 Å². The van der Waals surface area contributed by atoms with Gasteiger partial charge in [-0.1, -0.05) is 6.07 Å². The Hall–Kier alpha value is -3.62. The van der Waals surface area contributed by atoms with E-state index in [2.05, 4.69) is 28.0 Å². The monoisotopic (exact) mass is 457 g/mol. The van der Waals surface area contributed by atoms with E-state index in [0.717, 1.165) is 34.2 Å². The fourth-order valence-corrected chi connectivity index (χ4v) is 4.40. The molecule has 0 aliphatic carbocycles. The number of aromatic nitrogens is 2. The lowest BCUT2D eigenvalue weighted by Gasteiger charge is -2.24. The second-order valence-corrected chi connectivity index (χ2v) is 8.68. The molecule has 1 fully saturated rings. The molecular formula is C26H27N5O3. The van der Waals surface area contributed by atoms with E-state index in [0.29, 0.717) is 37.8 Å². The molecule has 0 bridgehead atoms. The highest BCUT2D eigenvalue weighted by molar-refractivity contribution is 5.89. The maximum atomic E-state index is 11.7. The Balaban J connectivity index is 1.22. The van der Waals surface area contributed by atoms with Crippen LogP contribution >= 0.6 is 0 Å². The molecule has 8 heteroatoms. The van der Waals surface area contributed by atoms with Gasteiger partial charge in [0.25, 0.3) is 0 Å². The quantitative estimate of drug-likeness (QED) is 0.587. The molecule has 0 unspecified atom stereocenters. The minimum absolute atomic E-state index is 0.204. The van der Waals surface area contributed by atoms with Gasteiger partial charge in [0.15, 0.2) is 0 Å². The van der Waals surface area contributed by atoms with Crippen molar-refractivity contribution in [3.8, 4) is 11.6 Å². The summed E-state index contributed by atoms with van der Waals surface area (Å²) in [5.41, 5.74) is 4.08. The number of aliphatic imine (C=N–C) groups is 1. The molecular weight excluding hydrogens is 430 g/mol. The number of nitrogens with zero attached hydrogens (tertiary/aromatic N) is 5. The molecule has 0 radical (unpaired) electrons. The van der Waals surface area contributed by atoms with Crippen LogP contribution in [0, 0.1) is 0 Å². The van der Waals surface area contributed by atoms with Gasteiger partial charge >= 0.3 is 0 Å². The number of fused-ring (bicyclic) bond motifs is 1. The van der Waals surface area contributed by atoms with Gasteiger partial charge in [-0.2, -0.15) is 0 Å². The molecule has 1 atom stereocenters. The number of hydrogen-bond acceptors (Lipinski definition) is 7. The van der Waals surface area contributed by atoms with Crippen LogP contribution in [0.3, 0.4) is 0 Å². The smallest absolute Gasteiger partial charge is 0.248 e. The molecule has 0 saturated carbocycles. The van der Waals surface area contributed by atoms with Gasteiger partial charge in [-0.15, -0.1) is 0 Å². The van der Waals surface area contributed by atoms with Crippen LogP contribution in [0.2, 0.25) is 0 Å². The van der Waals surface area contributed by atoms with Crippen LogP contribution in [0.4, 0.5) is 0 Å². The first kappa shape index (κ1) is 22.2. The molecule has 2 aliphatic heterocycles. The number of ether oxygens (including phenoxy) is 1. The molecule has 1 saturated heterocycles. The Morgan fingerprint density at radius 1 is 1.24 bits per heavy atom. The second-order valence-electron chi connectivity index (χ2n) is 8.68. The van der Waals surface area contributed by atoms with Crippen molar-refractivity contribution < 1.29 is 14.6 Å². The zero-order chi connectivity index (χ0) is 23.5. The SMILES string of the molecule is CN(Cc1ccc2cc(Oc3ccc(C4=CC=NC4)cn3)ccc2n1)[C@@H]1CCN(C(=O)CO)C1. The summed E-state index contributed by atoms with van der Waals surface area (Å²) in [6.07, 6.45) is 6.53. The van der Waals surface area contributed by atoms with E-state index in [1.807, 2.05) is 54.9 Å². The van der Waals surface area contributed by atoms with Crippen LogP contribution in [0.1, 0.15) is 17.7 Å². The van der Waals surface area contributed by atoms with Gasteiger partial charge in [-0.25, -0.2) is 4.98 Å². The van der Waals surface area contributed by atoms with Crippen LogP contribution in [0.5, 0.6) is 11.6 Å². The number of allylic oxidation sites excluding steroid dienone is 1. The zero-order valence-electron chi connectivity index (χ0n) is 19.1. The molecule has 34 heavy (non-hydrogen) atoms. The summed E-state index contributed by atoms with van der Waals surface area (Å²) >= 11 is 0. The van der Waals surface area contributed by atoms with E-state index in [-0.39, 0.29) is 11.9 Å². The van der Waals surface area contributed by atoms with E-state index in [4.69, 9.17) is 14.8 Å². The van der Waals surface area contributed by atoms with Gasteiger partial charge in [0, 0.05) is 49.5 Å². The van der Waals surface area contributed by atoms with Crippen LogP contribution < -0.4 is 4.74 Å². The van der Waals surface area contributed by atoms with Crippen molar-refractivity contribution in [2.75, 3.05) is 33.3 Å². The van der Waals surface area contributed by atoms with Crippen LogP contribution in [0.25, 0.3) is 16.5 Å². The minimum Gasteiger partial charge on any atom is -0.439 e. The number of hydrogen-bond donors (Lipinski definition) is 1. The predicted molar refractivity (Wildman–Crippen MR) is 131 cm³/mol. The zero-order valence-corrected chi connectivity index (χ0v) is 19.1. The Morgan fingerprint density at radius 2 is 2.15 bits per heavy atom. The first-order valence-corrected chi connectivity index (χ1v) is 11.4. The Bertz CT molecular complexity index is 1260. The molecule has 2 aromatic heterocycles. The number of likely N-dealkylation sites (N-methyl/N-ethyl adjacent to an activating group) is 1. The van der Waals surface area contributed by atoms with Crippen molar-refractivity contribution in [1.82, 2.24) is 19.8 Å². The van der Waals surface area contributed by atoms with Crippen molar-refractivity contribution in [3.63, 3.8) is 0 Å². The van der Waals surface area contributed by atoms with E-state index in [1.165, 1.54) is 0 Å². The third kappa shape index (κ3) is 4.83. The summed E-state index contributed by atoms with van der Waals surface area (Å²) in [7, 11) is 2.05. The van der Waals surface area contributed by atoms with Gasteiger partial charge in [-0.05, 0) is 61.0 Å². The highest BCUT2D eigenvalue weighted by atomic mass is 16.5. The second kappa shape index (κ2) is 9.70.